The van der Waals surface area contributed by atoms with Gasteiger partial charge < -0.3 is 14.2 Å². The molecule has 8 heteroatoms. The molecule has 1 aliphatic rings. The van der Waals surface area contributed by atoms with Crippen LogP contribution in [0.2, 0.25) is 0 Å². The van der Waals surface area contributed by atoms with E-state index in [0.29, 0.717) is 46.0 Å². The monoisotopic (exact) mass is 544 g/mol. The van der Waals surface area contributed by atoms with Gasteiger partial charge in [0.05, 0.1) is 30.4 Å². The van der Waals surface area contributed by atoms with Gasteiger partial charge in [0.25, 0.3) is 5.91 Å². The van der Waals surface area contributed by atoms with Crippen LogP contribution in [0.4, 0.5) is 5.69 Å². The minimum Gasteiger partial charge on any atom is -0.493 e. The van der Waals surface area contributed by atoms with Crippen LogP contribution in [0.1, 0.15) is 45.1 Å². The molecule has 0 saturated carbocycles. The van der Waals surface area contributed by atoms with E-state index in [4.69, 9.17) is 14.2 Å². The van der Waals surface area contributed by atoms with E-state index in [1.165, 1.54) is 35.6 Å². The summed E-state index contributed by atoms with van der Waals surface area (Å²) in [7, 11) is 2.94. The van der Waals surface area contributed by atoms with Crippen molar-refractivity contribution in [2.24, 2.45) is 4.99 Å². The van der Waals surface area contributed by atoms with E-state index in [1.54, 1.807) is 36.3 Å². The molecular formula is C31H32N2O5S. The molecule has 0 aromatic heterocycles. The Kier molecular flexibility index (Phi) is 8.76. The van der Waals surface area contributed by atoms with Crippen molar-refractivity contribution < 1.29 is 23.8 Å². The number of methoxy groups -OCH3 is 2. The zero-order valence-corrected chi connectivity index (χ0v) is 23.8. The molecule has 7 nitrogen and oxygen atoms in total. The predicted octanol–water partition coefficient (Wildman–Crippen LogP) is 6.61. The van der Waals surface area contributed by atoms with Crippen molar-refractivity contribution in [3.8, 4) is 11.5 Å². The summed E-state index contributed by atoms with van der Waals surface area (Å²) < 4.78 is 16.5. The Morgan fingerprint density at radius 1 is 0.974 bits per heavy atom. The van der Waals surface area contributed by atoms with Gasteiger partial charge in [0.15, 0.2) is 16.7 Å². The van der Waals surface area contributed by atoms with E-state index in [-0.39, 0.29) is 5.91 Å². The fourth-order valence-electron chi connectivity index (χ4n) is 4.40. The van der Waals surface area contributed by atoms with Crippen molar-refractivity contribution >= 4 is 40.6 Å². The lowest BCUT2D eigenvalue weighted by atomic mass is 10.0. The Hall–Kier alpha value is -4.04. The summed E-state index contributed by atoms with van der Waals surface area (Å²) in [5.41, 5.74) is 6.68. The number of carbonyl (C=O) groups excluding carboxylic acids is 2. The maximum absolute atomic E-state index is 13.1. The summed E-state index contributed by atoms with van der Waals surface area (Å²) in [4.78, 5) is 31.7. The first-order valence-corrected chi connectivity index (χ1v) is 13.4. The van der Waals surface area contributed by atoms with E-state index < -0.39 is 5.97 Å². The molecule has 0 aliphatic carbocycles. The first kappa shape index (κ1) is 28.0. The third-order valence-corrected chi connectivity index (χ3v) is 7.42. The Labute approximate surface area is 233 Å². The molecule has 202 valence electrons. The average molecular weight is 545 g/mol. The number of nitrogens with zero attached hydrogens (tertiary/aromatic N) is 2. The van der Waals surface area contributed by atoms with Crippen LogP contribution in [0.3, 0.4) is 0 Å². The number of likely N-dealkylation sites (N-methyl/N-ethyl adjacent to an activating group) is 1. The highest BCUT2D eigenvalue weighted by Crippen LogP contribution is 2.36. The van der Waals surface area contributed by atoms with Crippen molar-refractivity contribution in [1.82, 2.24) is 4.90 Å². The third kappa shape index (κ3) is 6.34. The van der Waals surface area contributed by atoms with E-state index in [2.05, 4.69) is 37.9 Å². The average Bonchev–Trinajstić information content (AvgIpc) is 3.21. The highest BCUT2D eigenvalue weighted by atomic mass is 32.2. The van der Waals surface area contributed by atoms with E-state index >= 15 is 0 Å². The van der Waals surface area contributed by atoms with Crippen LogP contribution in [0, 0.1) is 20.8 Å². The van der Waals surface area contributed by atoms with Gasteiger partial charge in [0.2, 0.25) is 0 Å². The second kappa shape index (κ2) is 12.2. The molecular weight excluding hydrogens is 512 g/mol. The maximum atomic E-state index is 13.1. The lowest BCUT2D eigenvalue weighted by Gasteiger charge is -2.15. The van der Waals surface area contributed by atoms with Gasteiger partial charge >= 0.3 is 5.97 Å². The van der Waals surface area contributed by atoms with Crippen LogP contribution >= 0.6 is 11.8 Å². The number of carbonyl (C=O) groups is 2. The zero-order valence-electron chi connectivity index (χ0n) is 23.0. The summed E-state index contributed by atoms with van der Waals surface area (Å²) in [5.74, 6) is 0.704. The molecule has 0 atom stereocenters. The number of esters is 1. The van der Waals surface area contributed by atoms with E-state index in [1.807, 2.05) is 31.2 Å². The molecule has 1 heterocycles. The second-order valence-electron chi connectivity index (χ2n) is 9.17. The van der Waals surface area contributed by atoms with Crippen molar-refractivity contribution in [2.45, 2.75) is 34.3 Å². The number of rotatable bonds is 8. The Morgan fingerprint density at radius 3 is 2.28 bits per heavy atom. The standard InChI is InChI=1S/C31H32N2O5S/c1-7-33-29(34)28(39-31(33)32-24-11-9-23(10-12-24)30(35)37-6)17-22-8-13-26(27(16-22)36-5)38-18-25-20(3)14-19(2)15-21(25)4/h8-17H,7,18H2,1-6H3/b28-17-,32-31?. The van der Waals surface area contributed by atoms with Crippen LogP contribution < -0.4 is 9.47 Å². The third-order valence-electron chi connectivity index (χ3n) is 6.42. The van der Waals surface area contributed by atoms with Gasteiger partial charge in [-0.15, -0.1) is 0 Å². The van der Waals surface area contributed by atoms with Gasteiger partial charge in [0.1, 0.15) is 6.61 Å². The van der Waals surface area contributed by atoms with Crippen LogP contribution in [0.25, 0.3) is 6.08 Å². The van der Waals surface area contributed by atoms with Gasteiger partial charge in [-0.05, 0) is 104 Å². The summed E-state index contributed by atoms with van der Waals surface area (Å²) >= 11 is 1.31. The van der Waals surface area contributed by atoms with Crippen molar-refractivity contribution in [3.05, 3.63) is 92.9 Å². The minimum absolute atomic E-state index is 0.114. The highest BCUT2D eigenvalue weighted by Gasteiger charge is 2.32. The summed E-state index contributed by atoms with van der Waals surface area (Å²) in [6, 6.07) is 16.7. The molecule has 1 fully saturated rings. The number of hydrogen-bond acceptors (Lipinski definition) is 7. The number of amides is 1. The topological polar surface area (TPSA) is 77.4 Å². The second-order valence-corrected chi connectivity index (χ2v) is 10.2. The number of benzene rings is 3. The smallest absolute Gasteiger partial charge is 0.337 e. The lowest BCUT2D eigenvalue weighted by Crippen LogP contribution is -2.28. The number of ether oxygens (including phenoxy) is 3. The largest absolute Gasteiger partial charge is 0.493 e. The molecule has 0 radical (unpaired) electrons. The molecule has 0 N–H and O–H groups in total. The molecule has 4 rings (SSSR count). The summed E-state index contributed by atoms with van der Waals surface area (Å²) in [5, 5.41) is 0.579. The van der Waals surface area contributed by atoms with Gasteiger partial charge in [-0.3, -0.25) is 9.69 Å². The number of thioether (sulfide) groups is 1. The minimum atomic E-state index is -0.410. The van der Waals surface area contributed by atoms with Crippen molar-refractivity contribution in [1.29, 1.82) is 0 Å². The normalized spacial score (nSPS) is 15.2. The Morgan fingerprint density at radius 2 is 1.67 bits per heavy atom. The number of hydrogen-bond donors (Lipinski definition) is 0. The van der Waals surface area contributed by atoms with Crippen LogP contribution in [-0.2, 0) is 16.1 Å². The summed E-state index contributed by atoms with van der Waals surface area (Å²) in [6.45, 7) is 9.10. The van der Waals surface area contributed by atoms with Crippen molar-refractivity contribution in [2.75, 3.05) is 20.8 Å². The zero-order chi connectivity index (χ0) is 28.1. The fourth-order valence-corrected chi connectivity index (χ4v) is 5.47. The van der Waals surface area contributed by atoms with Gasteiger partial charge in [-0.2, -0.15) is 0 Å². The molecule has 0 spiro atoms. The quantitative estimate of drug-likeness (QED) is 0.235. The molecule has 0 bridgehead atoms. The fraction of sp³-hybridized carbons (Fsp3) is 0.258. The molecule has 0 unspecified atom stereocenters. The molecule has 3 aromatic carbocycles. The molecule has 1 aliphatic heterocycles. The SMILES string of the molecule is CCN1C(=O)/C(=C/c2ccc(OCc3c(C)cc(C)cc3C)c(OC)c2)SC1=Nc1ccc(C(=O)OC)cc1. The van der Waals surface area contributed by atoms with Crippen LogP contribution in [-0.4, -0.2) is 42.7 Å². The number of aliphatic imine (C=N–C) groups is 1. The first-order chi connectivity index (χ1) is 18.7. The van der Waals surface area contributed by atoms with Crippen molar-refractivity contribution in [3.63, 3.8) is 0 Å². The van der Waals surface area contributed by atoms with E-state index in [9.17, 15) is 9.59 Å². The Bertz CT molecular complexity index is 1440. The van der Waals surface area contributed by atoms with Gasteiger partial charge in [-0.25, -0.2) is 9.79 Å². The summed E-state index contributed by atoms with van der Waals surface area (Å²) in [6.07, 6.45) is 1.83. The molecule has 3 aromatic rings. The van der Waals surface area contributed by atoms with Crippen LogP contribution in [0.15, 0.2) is 64.5 Å². The Balaban J connectivity index is 1.54. The highest BCUT2D eigenvalue weighted by molar-refractivity contribution is 8.18. The molecule has 39 heavy (non-hydrogen) atoms. The van der Waals surface area contributed by atoms with Crippen LogP contribution in [0.5, 0.6) is 11.5 Å². The number of aryl methyl sites for hydroxylation is 3. The van der Waals surface area contributed by atoms with E-state index in [0.717, 1.165) is 11.1 Å². The lowest BCUT2D eigenvalue weighted by molar-refractivity contribution is -0.122. The van der Waals surface area contributed by atoms with Gasteiger partial charge in [-0.1, -0.05) is 23.8 Å². The van der Waals surface area contributed by atoms with Gasteiger partial charge in [0, 0.05) is 6.54 Å². The molecule has 1 amide bonds. The number of amidine groups is 1. The molecule has 1 saturated heterocycles. The first-order valence-electron chi connectivity index (χ1n) is 12.6. The predicted molar refractivity (Wildman–Crippen MR) is 156 cm³/mol. The maximum Gasteiger partial charge on any atom is 0.337 e.